The average Bonchev–Trinajstić information content (AvgIpc) is 2.35. The summed E-state index contributed by atoms with van der Waals surface area (Å²) in [6.45, 7) is 8.11. The maximum Gasteiger partial charge on any atom is 0.332 e. The zero-order valence-electron chi connectivity index (χ0n) is 11.7. The zero-order valence-corrected chi connectivity index (χ0v) is 11.7. The van der Waals surface area contributed by atoms with Gasteiger partial charge in [-0.05, 0) is 38.5 Å². The van der Waals surface area contributed by atoms with Gasteiger partial charge in [0.15, 0.2) is 0 Å². The van der Waals surface area contributed by atoms with Crippen molar-refractivity contribution >= 4 is 11.7 Å². The molecule has 3 N–H and O–H groups in total. The van der Waals surface area contributed by atoms with Gasteiger partial charge >= 0.3 is 6.03 Å². The molecule has 1 aliphatic rings. The highest BCUT2D eigenvalue weighted by Gasteiger charge is 2.37. The van der Waals surface area contributed by atoms with Gasteiger partial charge in [-0.2, -0.15) is 10.4 Å². The third-order valence-electron chi connectivity index (χ3n) is 3.97. The molecule has 0 aromatic carbocycles. The number of nitrogens with two attached hydrogens (primary N) is 1. The van der Waals surface area contributed by atoms with Crippen LogP contribution in [0.15, 0.2) is 17.3 Å². The van der Waals surface area contributed by atoms with E-state index in [1.165, 1.54) is 0 Å². The molecule has 0 aromatic heterocycles. The fourth-order valence-electron chi connectivity index (χ4n) is 2.54. The number of nitrogens with one attached hydrogen (secondary N) is 1. The Morgan fingerprint density at radius 2 is 2.42 bits per heavy atom. The van der Waals surface area contributed by atoms with E-state index in [4.69, 9.17) is 11.0 Å². The maximum atomic E-state index is 10.8. The molecule has 1 saturated carbocycles. The quantitative estimate of drug-likeness (QED) is 0.602. The highest BCUT2D eigenvalue weighted by molar-refractivity contribution is 5.92. The minimum absolute atomic E-state index is 0.135. The molecule has 19 heavy (non-hydrogen) atoms. The second kappa shape index (κ2) is 6.37. The van der Waals surface area contributed by atoms with Crippen LogP contribution in [0, 0.1) is 22.7 Å². The predicted molar refractivity (Wildman–Crippen MR) is 75.3 cm³/mol. The number of carbonyl (C=O) groups excluding carboxylic acids is 1. The largest absolute Gasteiger partial charge is 0.350 e. The topological polar surface area (TPSA) is 91.3 Å². The third kappa shape index (κ3) is 4.09. The average molecular weight is 262 g/mol. The number of primary amides is 1. The summed E-state index contributed by atoms with van der Waals surface area (Å²) in [5, 5.41) is 12.9. The van der Waals surface area contributed by atoms with Gasteiger partial charge in [-0.25, -0.2) is 10.2 Å². The standard InChI is InChI=1S/C14H22N4O/c1-10(2)11-5-7-14(3,6-4-8-15)12(9-11)17-18-13(16)19/h11H,1,4-7,9H2,2-3H3,(H3,16,18,19)/b17-12+. The zero-order chi connectivity index (χ0) is 14.5. The number of hydrazone groups is 1. The number of hydrogen-bond donors (Lipinski definition) is 2. The van der Waals surface area contributed by atoms with Gasteiger partial charge in [0, 0.05) is 17.5 Å². The van der Waals surface area contributed by atoms with Gasteiger partial charge in [0.05, 0.1) is 6.07 Å². The summed E-state index contributed by atoms with van der Waals surface area (Å²) in [6.07, 6.45) is 4.02. The number of carbonyl (C=O) groups is 1. The molecule has 0 aliphatic heterocycles. The Hall–Kier alpha value is -1.83. The van der Waals surface area contributed by atoms with Crippen LogP contribution in [0.25, 0.3) is 0 Å². The van der Waals surface area contributed by atoms with Crippen molar-refractivity contribution in [2.24, 2.45) is 22.2 Å². The molecule has 5 nitrogen and oxygen atoms in total. The fraction of sp³-hybridized carbons (Fsp3) is 0.643. The van der Waals surface area contributed by atoms with E-state index in [9.17, 15) is 4.79 Å². The van der Waals surface area contributed by atoms with E-state index < -0.39 is 6.03 Å². The fourth-order valence-corrected chi connectivity index (χ4v) is 2.54. The summed E-state index contributed by atoms with van der Waals surface area (Å²) in [5.74, 6) is 0.392. The van der Waals surface area contributed by atoms with Crippen molar-refractivity contribution in [3.8, 4) is 6.07 Å². The summed E-state index contributed by atoms with van der Waals surface area (Å²) < 4.78 is 0. The Kier molecular flexibility index (Phi) is 5.11. The monoisotopic (exact) mass is 262 g/mol. The summed E-state index contributed by atoms with van der Waals surface area (Å²) in [6, 6.07) is 1.52. The van der Waals surface area contributed by atoms with Gasteiger partial charge in [-0.3, -0.25) is 0 Å². The number of urea groups is 1. The number of hydrogen-bond acceptors (Lipinski definition) is 3. The number of allylic oxidation sites excluding steroid dienone is 1. The molecule has 1 rings (SSSR count). The van der Waals surface area contributed by atoms with Gasteiger partial charge in [0.1, 0.15) is 0 Å². The Labute approximate surface area is 114 Å². The van der Waals surface area contributed by atoms with Crippen LogP contribution in [-0.2, 0) is 0 Å². The van der Waals surface area contributed by atoms with Gasteiger partial charge < -0.3 is 5.73 Å². The van der Waals surface area contributed by atoms with Crippen LogP contribution >= 0.6 is 0 Å². The van der Waals surface area contributed by atoms with Crippen LogP contribution in [0.5, 0.6) is 0 Å². The third-order valence-corrected chi connectivity index (χ3v) is 3.97. The molecule has 2 amide bonds. The normalized spacial score (nSPS) is 28.7. The lowest BCUT2D eigenvalue weighted by Gasteiger charge is -2.38. The van der Waals surface area contributed by atoms with Gasteiger partial charge in [-0.15, -0.1) is 0 Å². The van der Waals surface area contributed by atoms with E-state index in [0.717, 1.165) is 37.0 Å². The molecule has 0 bridgehead atoms. The van der Waals surface area contributed by atoms with E-state index in [0.29, 0.717) is 12.3 Å². The van der Waals surface area contributed by atoms with Crippen LogP contribution in [0.1, 0.15) is 46.0 Å². The first-order valence-electron chi connectivity index (χ1n) is 6.54. The molecule has 1 fully saturated rings. The molecule has 0 heterocycles. The SMILES string of the molecule is C=C(C)C1CCC(C)(CCC#N)/C(=N/NC(N)=O)C1. The molecular weight excluding hydrogens is 240 g/mol. The van der Waals surface area contributed by atoms with E-state index in [2.05, 4.69) is 30.1 Å². The van der Waals surface area contributed by atoms with Crippen molar-refractivity contribution in [3.63, 3.8) is 0 Å². The van der Waals surface area contributed by atoms with E-state index in [1.54, 1.807) is 0 Å². The molecule has 5 heteroatoms. The number of rotatable bonds is 4. The molecule has 2 unspecified atom stereocenters. The highest BCUT2D eigenvalue weighted by Crippen LogP contribution is 2.41. The highest BCUT2D eigenvalue weighted by atomic mass is 16.2. The van der Waals surface area contributed by atoms with Gasteiger partial charge in [0.25, 0.3) is 0 Å². The number of nitrogens with zero attached hydrogens (tertiary/aromatic N) is 2. The molecular formula is C14H22N4O. The van der Waals surface area contributed by atoms with E-state index in [1.807, 2.05) is 6.92 Å². The van der Waals surface area contributed by atoms with E-state index >= 15 is 0 Å². The Bertz CT molecular complexity index is 435. The Balaban J connectivity index is 2.90. The Morgan fingerprint density at radius 1 is 1.74 bits per heavy atom. The van der Waals surface area contributed by atoms with Crippen LogP contribution in [-0.4, -0.2) is 11.7 Å². The lowest BCUT2D eigenvalue weighted by Crippen LogP contribution is -2.38. The van der Waals surface area contributed by atoms with Gasteiger partial charge in [0.2, 0.25) is 0 Å². The molecule has 0 saturated heterocycles. The second-order valence-corrected chi connectivity index (χ2v) is 5.54. The molecule has 0 spiro atoms. The lowest BCUT2D eigenvalue weighted by molar-refractivity contribution is 0.248. The first kappa shape index (κ1) is 15.2. The van der Waals surface area contributed by atoms with Crippen molar-refractivity contribution in [2.75, 3.05) is 0 Å². The van der Waals surface area contributed by atoms with Crippen molar-refractivity contribution < 1.29 is 4.79 Å². The smallest absolute Gasteiger partial charge is 0.332 e. The molecule has 0 aromatic rings. The minimum Gasteiger partial charge on any atom is -0.350 e. The number of nitriles is 1. The van der Waals surface area contributed by atoms with Crippen molar-refractivity contribution in [3.05, 3.63) is 12.2 Å². The summed E-state index contributed by atoms with van der Waals surface area (Å²) >= 11 is 0. The van der Waals surface area contributed by atoms with Crippen LogP contribution < -0.4 is 11.2 Å². The maximum absolute atomic E-state index is 10.8. The lowest BCUT2D eigenvalue weighted by atomic mass is 9.67. The van der Waals surface area contributed by atoms with Crippen molar-refractivity contribution in [1.82, 2.24) is 5.43 Å². The summed E-state index contributed by atoms with van der Waals surface area (Å²) in [5.41, 5.74) is 9.30. The second-order valence-electron chi connectivity index (χ2n) is 5.54. The minimum atomic E-state index is -0.660. The molecule has 1 aliphatic carbocycles. The predicted octanol–water partition coefficient (Wildman–Crippen LogP) is 2.70. The Morgan fingerprint density at radius 3 is 2.95 bits per heavy atom. The van der Waals surface area contributed by atoms with Crippen molar-refractivity contribution in [2.45, 2.75) is 46.0 Å². The van der Waals surface area contributed by atoms with Crippen LogP contribution in [0.2, 0.25) is 0 Å². The molecule has 2 atom stereocenters. The molecule has 104 valence electrons. The first-order chi connectivity index (χ1) is 8.89. The summed E-state index contributed by atoms with van der Waals surface area (Å²) in [4.78, 5) is 10.8. The first-order valence-corrected chi connectivity index (χ1v) is 6.54. The van der Waals surface area contributed by atoms with Crippen molar-refractivity contribution in [1.29, 1.82) is 5.26 Å². The van der Waals surface area contributed by atoms with Gasteiger partial charge in [-0.1, -0.05) is 19.1 Å². The number of amides is 2. The van der Waals surface area contributed by atoms with E-state index in [-0.39, 0.29) is 5.41 Å². The van der Waals surface area contributed by atoms with Crippen LogP contribution in [0.4, 0.5) is 4.79 Å². The van der Waals surface area contributed by atoms with Crippen LogP contribution in [0.3, 0.4) is 0 Å². The molecule has 0 radical (unpaired) electrons. The summed E-state index contributed by atoms with van der Waals surface area (Å²) in [7, 11) is 0.